The average Bonchev–Trinajstić information content (AvgIpc) is 2.36. The van der Waals surface area contributed by atoms with Crippen molar-refractivity contribution in [3.63, 3.8) is 0 Å². The summed E-state index contributed by atoms with van der Waals surface area (Å²) in [6.07, 6.45) is 2.38. The van der Waals surface area contributed by atoms with Crippen LogP contribution in [0.5, 0.6) is 0 Å². The van der Waals surface area contributed by atoms with E-state index >= 15 is 0 Å². The van der Waals surface area contributed by atoms with Gasteiger partial charge >= 0.3 is 0 Å². The quantitative estimate of drug-likeness (QED) is 0.666. The molecule has 2 amide bonds. The molecule has 1 aromatic carbocycles. The third-order valence-corrected chi connectivity index (χ3v) is 3.32. The number of anilines is 2. The monoisotopic (exact) mass is 262 g/mol. The zero-order chi connectivity index (χ0) is 14.0. The molecule has 1 aliphatic rings. The van der Waals surface area contributed by atoms with Gasteiger partial charge in [0.15, 0.2) is 0 Å². The number of nitrogen functional groups attached to an aromatic ring is 2. The molecule has 6 nitrogen and oxygen atoms in total. The summed E-state index contributed by atoms with van der Waals surface area (Å²) in [5.74, 6) is -0.715. The number of carbonyl (C=O) groups excluding carboxylic acids is 2. The first-order valence-corrected chi connectivity index (χ1v) is 6.25. The molecule has 0 saturated carbocycles. The van der Waals surface area contributed by atoms with Crippen molar-refractivity contribution in [2.75, 3.05) is 18.0 Å². The fraction of sp³-hybridized carbons (Fsp3) is 0.385. The van der Waals surface area contributed by atoms with Crippen LogP contribution < -0.4 is 17.2 Å². The number of rotatable bonds is 2. The number of hydrogen-bond acceptors (Lipinski definition) is 4. The van der Waals surface area contributed by atoms with Crippen LogP contribution in [0.15, 0.2) is 18.2 Å². The van der Waals surface area contributed by atoms with Gasteiger partial charge in [0, 0.05) is 23.5 Å². The van der Waals surface area contributed by atoms with Gasteiger partial charge in [-0.15, -0.1) is 0 Å². The van der Waals surface area contributed by atoms with Gasteiger partial charge in [-0.05, 0) is 37.5 Å². The number of nitrogens with two attached hydrogens (primary N) is 3. The molecular formula is C13H18N4O2. The van der Waals surface area contributed by atoms with Gasteiger partial charge < -0.3 is 22.1 Å². The van der Waals surface area contributed by atoms with Crippen LogP contribution >= 0.6 is 0 Å². The predicted molar refractivity (Wildman–Crippen MR) is 73.1 cm³/mol. The van der Waals surface area contributed by atoms with Crippen molar-refractivity contribution < 1.29 is 9.59 Å². The number of carbonyl (C=O) groups is 2. The van der Waals surface area contributed by atoms with Crippen molar-refractivity contribution in [3.05, 3.63) is 23.8 Å². The van der Waals surface area contributed by atoms with E-state index in [0.29, 0.717) is 29.9 Å². The zero-order valence-electron chi connectivity index (χ0n) is 10.6. The topological polar surface area (TPSA) is 115 Å². The maximum Gasteiger partial charge on any atom is 0.254 e. The Hall–Kier alpha value is -2.24. The molecule has 1 atom stereocenters. The van der Waals surface area contributed by atoms with Crippen LogP contribution in [0, 0.1) is 0 Å². The van der Waals surface area contributed by atoms with Gasteiger partial charge in [0.1, 0.15) is 6.04 Å². The molecule has 1 aliphatic heterocycles. The van der Waals surface area contributed by atoms with Gasteiger partial charge in [0.2, 0.25) is 5.91 Å². The van der Waals surface area contributed by atoms with Gasteiger partial charge in [-0.1, -0.05) is 0 Å². The Balaban J connectivity index is 2.28. The normalized spacial score (nSPS) is 19.2. The number of primary amides is 1. The van der Waals surface area contributed by atoms with Crippen LogP contribution in [0.25, 0.3) is 0 Å². The van der Waals surface area contributed by atoms with E-state index in [0.717, 1.165) is 12.8 Å². The van der Waals surface area contributed by atoms with Crippen molar-refractivity contribution in [1.29, 1.82) is 0 Å². The maximum atomic E-state index is 12.4. The SMILES string of the molecule is NC(=O)C1CCCCN1C(=O)c1cc(N)cc(N)c1. The maximum absolute atomic E-state index is 12.4. The van der Waals surface area contributed by atoms with E-state index in [-0.39, 0.29) is 5.91 Å². The summed E-state index contributed by atoms with van der Waals surface area (Å²) in [4.78, 5) is 25.4. The van der Waals surface area contributed by atoms with Crippen LogP contribution in [0.4, 0.5) is 11.4 Å². The average molecular weight is 262 g/mol. The van der Waals surface area contributed by atoms with Crippen LogP contribution in [0.3, 0.4) is 0 Å². The van der Waals surface area contributed by atoms with Crippen LogP contribution in [0.2, 0.25) is 0 Å². The molecule has 6 N–H and O–H groups in total. The van der Waals surface area contributed by atoms with Crippen LogP contribution in [-0.2, 0) is 4.79 Å². The Labute approximate surface area is 111 Å². The van der Waals surface area contributed by atoms with Crippen molar-refractivity contribution >= 4 is 23.2 Å². The molecule has 0 spiro atoms. The summed E-state index contributed by atoms with van der Waals surface area (Å²) in [6, 6.07) is 4.17. The highest BCUT2D eigenvalue weighted by Gasteiger charge is 2.31. The van der Waals surface area contributed by atoms with Crippen molar-refractivity contribution in [2.24, 2.45) is 5.73 Å². The standard InChI is InChI=1S/C13H18N4O2/c14-9-5-8(6-10(15)7-9)13(19)17-4-2-1-3-11(17)12(16)18/h5-7,11H,1-4,14-15H2,(H2,16,18). The van der Waals surface area contributed by atoms with E-state index in [2.05, 4.69) is 0 Å². The van der Waals surface area contributed by atoms with E-state index in [1.165, 1.54) is 4.90 Å². The van der Waals surface area contributed by atoms with E-state index in [1.54, 1.807) is 18.2 Å². The second-order valence-electron chi connectivity index (χ2n) is 4.80. The number of piperidine rings is 1. The number of nitrogens with zero attached hydrogens (tertiary/aromatic N) is 1. The van der Waals surface area contributed by atoms with Crippen LogP contribution in [-0.4, -0.2) is 29.3 Å². The minimum Gasteiger partial charge on any atom is -0.399 e. The number of amides is 2. The second kappa shape index (κ2) is 5.17. The molecule has 19 heavy (non-hydrogen) atoms. The summed E-state index contributed by atoms with van der Waals surface area (Å²) in [5, 5.41) is 0. The van der Waals surface area contributed by atoms with Gasteiger partial charge in [-0.3, -0.25) is 9.59 Å². The molecule has 1 unspecified atom stereocenters. The summed E-state index contributed by atoms with van der Waals surface area (Å²) in [6.45, 7) is 0.529. The van der Waals surface area contributed by atoms with Crippen LogP contribution in [0.1, 0.15) is 29.6 Å². The summed E-state index contributed by atoms with van der Waals surface area (Å²) in [7, 11) is 0. The summed E-state index contributed by atoms with van der Waals surface area (Å²) >= 11 is 0. The van der Waals surface area contributed by atoms with E-state index in [1.807, 2.05) is 0 Å². The van der Waals surface area contributed by atoms with E-state index < -0.39 is 11.9 Å². The third kappa shape index (κ3) is 2.78. The van der Waals surface area contributed by atoms with Crippen molar-refractivity contribution in [1.82, 2.24) is 4.90 Å². The molecule has 1 fully saturated rings. The highest BCUT2D eigenvalue weighted by atomic mass is 16.2. The lowest BCUT2D eigenvalue weighted by Gasteiger charge is -2.33. The summed E-state index contributed by atoms with van der Waals surface area (Å²) < 4.78 is 0. The molecule has 1 heterocycles. The molecule has 0 radical (unpaired) electrons. The van der Waals surface area contributed by atoms with Gasteiger partial charge in [-0.25, -0.2) is 0 Å². The predicted octanol–water partition coefficient (Wildman–Crippen LogP) is 0.331. The van der Waals surface area contributed by atoms with Crippen molar-refractivity contribution in [2.45, 2.75) is 25.3 Å². The molecule has 0 bridgehead atoms. The largest absolute Gasteiger partial charge is 0.399 e. The fourth-order valence-corrected chi connectivity index (χ4v) is 2.44. The van der Waals surface area contributed by atoms with E-state index in [4.69, 9.17) is 17.2 Å². The first-order chi connectivity index (χ1) is 8.99. The molecule has 2 rings (SSSR count). The number of benzene rings is 1. The lowest BCUT2D eigenvalue weighted by atomic mass is 10.00. The Morgan fingerprint density at radius 1 is 1.11 bits per heavy atom. The lowest BCUT2D eigenvalue weighted by molar-refractivity contribution is -0.123. The van der Waals surface area contributed by atoms with Gasteiger partial charge in [0.25, 0.3) is 5.91 Å². The summed E-state index contributed by atoms with van der Waals surface area (Å²) in [5.41, 5.74) is 18.0. The van der Waals surface area contributed by atoms with E-state index in [9.17, 15) is 9.59 Å². The first kappa shape index (κ1) is 13.2. The molecule has 0 aromatic heterocycles. The van der Waals surface area contributed by atoms with Crippen molar-refractivity contribution in [3.8, 4) is 0 Å². The Morgan fingerprint density at radius 3 is 2.32 bits per heavy atom. The fourth-order valence-electron chi connectivity index (χ4n) is 2.44. The smallest absolute Gasteiger partial charge is 0.254 e. The Bertz CT molecular complexity index is 495. The molecular weight excluding hydrogens is 244 g/mol. The van der Waals surface area contributed by atoms with Gasteiger partial charge in [0.05, 0.1) is 0 Å². The first-order valence-electron chi connectivity index (χ1n) is 6.25. The second-order valence-corrected chi connectivity index (χ2v) is 4.80. The highest BCUT2D eigenvalue weighted by Crippen LogP contribution is 2.22. The minimum atomic E-state index is -0.538. The molecule has 0 aliphatic carbocycles. The molecule has 1 saturated heterocycles. The zero-order valence-corrected chi connectivity index (χ0v) is 10.6. The molecule has 1 aromatic rings. The molecule has 102 valence electrons. The lowest BCUT2D eigenvalue weighted by Crippen LogP contribution is -2.50. The minimum absolute atomic E-state index is 0.248. The molecule has 6 heteroatoms. The third-order valence-electron chi connectivity index (χ3n) is 3.32. The number of likely N-dealkylation sites (tertiary alicyclic amines) is 1. The highest BCUT2D eigenvalue weighted by molar-refractivity contribution is 5.98. The van der Waals surface area contributed by atoms with Gasteiger partial charge in [-0.2, -0.15) is 0 Å². The Morgan fingerprint density at radius 2 is 1.74 bits per heavy atom. The Kier molecular flexibility index (Phi) is 3.59. The number of hydrogen-bond donors (Lipinski definition) is 3.